The fourth-order valence-corrected chi connectivity index (χ4v) is 2.23. The normalized spacial score (nSPS) is 12.1. The van der Waals surface area contributed by atoms with E-state index in [1.165, 1.54) is 29.8 Å². The van der Waals surface area contributed by atoms with Gasteiger partial charge in [0.1, 0.15) is 5.75 Å². The Balaban J connectivity index is 2.11. The zero-order chi connectivity index (χ0) is 13.8. The highest BCUT2D eigenvalue weighted by molar-refractivity contribution is 7.14. The summed E-state index contributed by atoms with van der Waals surface area (Å²) in [5.74, 6) is -0.557. The van der Waals surface area contributed by atoms with Crippen molar-refractivity contribution in [3.63, 3.8) is 0 Å². The van der Waals surface area contributed by atoms with E-state index in [0.29, 0.717) is 5.13 Å². The third-order valence-electron chi connectivity index (χ3n) is 2.66. The maximum absolute atomic E-state index is 11.9. The number of anilines is 1. The zero-order valence-corrected chi connectivity index (χ0v) is 11.4. The molecule has 1 unspecified atom stereocenters. The second-order valence-corrected chi connectivity index (χ2v) is 4.79. The number of carbonyl (C=O) groups excluding carboxylic acids is 1. The topological polar surface area (TPSA) is 87.1 Å². The number of nitrogens with one attached hydrogen (secondary N) is 2. The van der Waals surface area contributed by atoms with Gasteiger partial charge in [-0.25, -0.2) is 4.98 Å². The number of pyridine rings is 1. The molecule has 3 N–H and O–H groups in total. The van der Waals surface area contributed by atoms with Crippen LogP contribution in [-0.2, 0) is 0 Å². The quantitative estimate of drug-likeness (QED) is 0.793. The predicted octanol–water partition coefficient (Wildman–Crippen LogP) is 1.78. The smallest absolute Gasteiger partial charge is 0.261 e. The molecule has 0 aliphatic carbocycles. The monoisotopic (exact) mass is 278 g/mol. The molecule has 2 aromatic rings. The molecule has 0 aliphatic heterocycles. The average Bonchev–Trinajstić information content (AvgIpc) is 2.86. The van der Waals surface area contributed by atoms with Gasteiger partial charge in [0.05, 0.1) is 17.5 Å². The van der Waals surface area contributed by atoms with Gasteiger partial charge in [-0.1, -0.05) is 0 Å². The number of rotatable bonds is 4. The summed E-state index contributed by atoms with van der Waals surface area (Å²) in [5.41, 5.74) is 1.04. The zero-order valence-electron chi connectivity index (χ0n) is 10.5. The summed E-state index contributed by atoms with van der Waals surface area (Å²) in [6.07, 6.45) is 2.68. The molecular formula is C12H14N4O2S. The third-order valence-corrected chi connectivity index (χ3v) is 3.44. The Morgan fingerprint density at radius 3 is 3.00 bits per heavy atom. The Morgan fingerprint density at radius 1 is 1.53 bits per heavy atom. The lowest BCUT2D eigenvalue weighted by atomic mass is 10.2. The molecule has 7 heteroatoms. The minimum Gasteiger partial charge on any atom is -0.505 e. The van der Waals surface area contributed by atoms with Crippen LogP contribution in [0.15, 0.2) is 23.8 Å². The van der Waals surface area contributed by atoms with Gasteiger partial charge in [0.15, 0.2) is 5.13 Å². The number of hydrogen-bond donors (Lipinski definition) is 3. The highest BCUT2D eigenvalue weighted by atomic mass is 32.1. The van der Waals surface area contributed by atoms with Crippen molar-refractivity contribution in [3.05, 3.63) is 35.1 Å². The largest absolute Gasteiger partial charge is 0.505 e. The molecular weight excluding hydrogens is 264 g/mol. The lowest BCUT2D eigenvalue weighted by molar-refractivity contribution is 0.102. The molecule has 2 heterocycles. The van der Waals surface area contributed by atoms with Crippen molar-refractivity contribution < 1.29 is 9.90 Å². The maximum Gasteiger partial charge on any atom is 0.261 e. The summed E-state index contributed by atoms with van der Waals surface area (Å²) in [7, 11) is 1.84. The first kappa shape index (κ1) is 13.4. The first-order chi connectivity index (χ1) is 9.11. The van der Waals surface area contributed by atoms with Crippen LogP contribution in [-0.4, -0.2) is 28.0 Å². The van der Waals surface area contributed by atoms with E-state index in [9.17, 15) is 9.90 Å². The first-order valence-electron chi connectivity index (χ1n) is 5.69. The summed E-state index contributed by atoms with van der Waals surface area (Å²) in [6, 6.07) is 1.58. The molecule has 6 nitrogen and oxygen atoms in total. The van der Waals surface area contributed by atoms with Crippen molar-refractivity contribution in [2.75, 3.05) is 12.4 Å². The predicted molar refractivity (Wildman–Crippen MR) is 73.4 cm³/mol. The maximum atomic E-state index is 11.9. The summed E-state index contributed by atoms with van der Waals surface area (Å²) in [5, 5.41) is 17.6. The number of carbonyl (C=O) groups is 1. The van der Waals surface area contributed by atoms with Crippen LogP contribution in [0.5, 0.6) is 5.75 Å². The van der Waals surface area contributed by atoms with Crippen LogP contribution in [0, 0.1) is 0 Å². The number of aromatic hydroxyl groups is 1. The van der Waals surface area contributed by atoms with Crippen LogP contribution in [0.4, 0.5) is 5.13 Å². The van der Waals surface area contributed by atoms with Gasteiger partial charge in [-0.2, -0.15) is 0 Å². The second kappa shape index (κ2) is 5.77. The molecule has 0 radical (unpaired) electrons. The van der Waals surface area contributed by atoms with Gasteiger partial charge in [-0.3, -0.25) is 15.1 Å². The Hall–Kier alpha value is -1.99. The molecule has 2 aromatic heterocycles. The van der Waals surface area contributed by atoms with Gasteiger partial charge in [0.25, 0.3) is 5.91 Å². The standard InChI is InChI=1S/C12H14N4O2S/c1-7(13-2)9-6-19-12(15-9)16-11(18)8-3-4-14-5-10(8)17/h3-7,13,17H,1-2H3,(H,15,16,18). The van der Waals surface area contributed by atoms with Gasteiger partial charge < -0.3 is 10.4 Å². The molecule has 0 aromatic carbocycles. The fourth-order valence-electron chi connectivity index (χ4n) is 1.43. The van der Waals surface area contributed by atoms with Crippen LogP contribution in [0.2, 0.25) is 0 Å². The van der Waals surface area contributed by atoms with E-state index in [2.05, 4.69) is 20.6 Å². The molecule has 0 spiro atoms. The van der Waals surface area contributed by atoms with Crippen molar-refractivity contribution in [3.8, 4) is 5.75 Å². The van der Waals surface area contributed by atoms with Crippen LogP contribution >= 0.6 is 11.3 Å². The molecule has 0 saturated heterocycles. The Morgan fingerprint density at radius 2 is 2.32 bits per heavy atom. The van der Waals surface area contributed by atoms with E-state index in [0.717, 1.165) is 5.69 Å². The van der Waals surface area contributed by atoms with Crippen molar-refractivity contribution in [2.45, 2.75) is 13.0 Å². The van der Waals surface area contributed by atoms with E-state index < -0.39 is 5.91 Å². The first-order valence-corrected chi connectivity index (χ1v) is 6.56. The average molecular weight is 278 g/mol. The van der Waals surface area contributed by atoms with Gasteiger partial charge in [0, 0.05) is 17.6 Å². The number of amides is 1. The molecule has 0 aliphatic rings. The van der Waals surface area contributed by atoms with E-state index in [4.69, 9.17) is 0 Å². The Labute approximate surface area is 114 Å². The lowest BCUT2D eigenvalue weighted by Gasteiger charge is -2.05. The molecule has 2 rings (SSSR count). The van der Waals surface area contributed by atoms with Crippen molar-refractivity contribution in [2.24, 2.45) is 0 Å². The van der Waals surface area contributed by atoms with E-state index >= 15 is 0 Å². The molecule has 0 fully saturated rings. The van der Waals surface area contributed by atoms with Crippen molar-refractivity contribution in [1.82, 2.24) is 15.3 Å². The minimum absolute atomic E-state index is 0.122. The Kier molecular flexibility index (Phi) is 4.08. The highest BCUT2D eigenvalue weighted by Crippen LogP contribution is 2.22. The van der Waals surface area contributed by atoms with Crippen LogP contribution in [0.25, 0.3) is 0 Å². The van der Waals surface area contributed by atoms with Crippen LogP contribution in [0.3, 0.4) is 0 Å². The Bertz CT molecular complexity index is 585. The van der Waals surface area contributed by atoms with Crippen LogP contribution < -0.4 is 10.6 Å². The molecule has 0 saturated carbocycles. The number of thiazole rings is 1. The molecule has 19 heavy (non-hydrogen) atoms. The number of nitrogens with zero attached hydrogens (tertiary/aromatic N) is 2. The number of aromatic nitrogens is 2. The van der Waals surface area contributed by atoms with Crippen molar-refractivity contribution in [1.29, 1.82) is 0 Å². The highest BCUT2D eigenvalue weighted by Gasteiger charge is 2.14. The summed E-state index contributed by atoms with van der Waals surface area (Å²) in [6.45, 7) is 1.98. The van der Waals surface area contributed by atoms with E-state index in [-0.39, 0.29) is 17.4 Å². The molecule has 0 bridgehead atoms. The molecule has 1 atom stereocenters. The molecule has 1 amide bonds. The summed E-state index contributed by atoms with van der Waals surface area (Å²) >= 11 is 1.34. The van der Waals surface area contributed by atoms with E-state index in [1.807, 2.05) is 19.4 Å². The lowest BCUT2D eigenvalue weighted by Crippen LogP contribution is -2.14. The fraction of sp³-hybridized carbons (Fsp3) is 0.250. The third kappa shape index (κ3) is 3.07. The summed E-state index contributed by atoms with van der Waals surface area (Å²) in [4.78, 5) is 20.0. The summed E-state index contributed by atoms with van der Waals surface area (Å²) < 4.78 is 0. The van der Waals surface area contributed by atoms with Crippen molar-refractivity contribution >= 4 is 22.4 Å². The van der Waals surface area contributed by atoms with Gasteiger partial charge in [-0.15, -0.1) is 11.3 Å². The van der Waals surface area contributed by atoms with E-state index in [1.54, 1.807) is 0 Å². The number of hydrogen-bond acceptors (Lipinski definition) is 6. The van der Waals surface area contributed by atoms with Gasteiger partial charge in [-0.05, 0) is 20.0 Å². The van der Waals surface area contributed by atoms with Gasteiger partial charge in [0.2, 0.25) is 0 Å². The van der Waals surface area contributed by atoms with Crippen LogP contribution in [0.1, 0.15) is 29.0 Å². The van der Waals surface area contributed by atoms with Gasteiger partial charge >= 0.3 is 0 Å². The minimum atomic E-state index is -0.405. The molecule has 100 valence electrons. The second-order valence-electron chi connectivity index (χ2n) is 3.93. The SMILES string of the molecule is CNC(C)c1csc(NC(=O)c2ccncc2O)n1.